The van der Waals surface area contributed by atoms with E-state index in [-0.39, 0.29) is 6.04 Å². The second-order valence-corrected chi connectivity index (χ2v) is 4.67. The van der Waals surface area contributed by atoms with Crippen molar-refractivity contribution >= 4 is 11.6 Å². The molecule has 0 aliphatic heterocycles. The van der Waals surface area contributed by atoms with E-state index in [2.05, 4.69) is 17.3 Å². The van der Waals surface area contributed by atoms with Gasteiger partial charge in [0.15, 0.2) is 0 Å². The van der Waals surface area contributed by atoms with Crippen LogP contribution in [0.1, 0.15) is 24.1 Å². The van der Waals surface area contributed by atoms with Crippen molar-refractivity contribution in [1.82, 2.24) is 15.1 Å². The summed E-state index contributed by atoms with van der Waals surface area (Å²) in [5.41, 5.74) is 2.10. The summed E-state index contributed by atoms with van der Waals surface area (Å²) in [6.07, 6.45) is 3.90. The highest BCUT2D eigenvalue weighted by molar-refractivity contribution is 6.30. The van der Waals surface area contributed by atoms with E-state index in [1.807, 2.05) is 42.3 Å². The van der Waals surface area contributed by atoms with Crippen LogP contribution in [0.5, 0.6) is 5.75 Å². The maximum atomic E-state index is 6.09. The van der Waals surface area contributed by atoms with Crippen molar-refractivity contribution in [2.75, 3.05) is 14.2 Å². The minimum atomic E-state index is 0.00829. The van der Waals surface area contributed by atoms with E-state index in [1.165, 1.54) is 0 Å². The molecule has 0 radical (unpaired) electrons. The Morgan fingerprint density at radius 2 is 2.26 bits per heavy atom. The largest absolute Gasteiger partial charge is 0.496 e. The van der Waals surface area contributed by atoms with Crippen molar-refractivity contribution in [2.45, 2.75) is 19.5 Å². The van der Waals surface area contributed by atoms with Gasteiger partial charge in [-0.25, -0.2) is 0 Å². The minimum absolute atomic E-state index is 0.00829. The molecule has 4 nitrogen and oxygen atoms in total. The summed E-state index contributed by atoms with van der Waals surface area (Å²) in [6.45, 7) is 2.91. The quantitative estimate of drug-likeness (QED) is 0.915. The van der Waals surface area contributed by atoms with Gasteiger partial charge in [0.05, 0.1) is 19.3 Å². The lowest BCUT2D eigenvalue weighted by atomic mass is 10.0. The number of aryl methyl sites for hydroxylation is 1. The van der Waals surface area contributed by atoms with Crippen LogP contribution in [0.3, 0.4) is 0 Å². The normalized spacial score (nSPS) is 12.4. The molecule has 1 unspecified atom stereocenters. The molecule has 1 atom stereocenters. The summed E-state index contributed by atoms with van der Waals surface area (Å²) in [5, 5.41) is 8.29. The van der Waals surface area contributed by atoms with Gasteiger partial charge in [0, 0.05) is 28.9 Å². The summed E-state index contributed by atoms with van der Waals surface area (Å²) in [7, 11) is 3.57. The number of halogens is 1. The van der Waals surface area contributed by atoms with Crippen LogP contribution in [0.15, 0.2) is 30.6 Å². The molecule has 0 amide bonds. The Morgan fingerprint density at radius 3 is 2.84 bits per heavy atom. The minimum Gasteiger partial charge on any atom is -0.496 e. The van der Waals surface area contributed by atoms with Crippen molar-refractivity contribution in [3.8, 4) is 5.75 Å². The van der Waals surface area contributed by atoms with E-state index in [1.54, 1.807) is 7.11 Å². The average molecular weight is 280 g/mol. The summed E-state index contributed by atoms with van der Waals surface area (Å²) in [5.74, 6) is 0.813. The van der Waals surface area contributed by atoms with Crippen LogP contribution >= 0.6 is 11.6 Å². The van der Waals surface area contributed by atoms with E-state index in [0.717, 1.165) is 23.4 Å². The first-order valence-electron chi connectivity index (χ1n) is 6.22. The first-order valence-corrected chi connectivity index (χ1v) is 6.60. The fourth-order valence-corrected chi connectivity index (χ4v) is 2.31. The van der Waals surface area contributed by atoms with Gasteiger partial charge in [-0.2, -0.15) is 5.10 Å². The number of rotatable bonds is 5. The zero-order valence-electron chi connectivity index (χ0n) is 11.4. The van der Waals surface area contributed by atoms with Gasteiger partial charge in [-0.3, -0.25) is 4.68 Å². The number of methoxy groups -OCH3 is 1. The number of nitrogens with one attached hydrogen (secondary N) is 1. The summed E-state index contributed by atoms with van der Waals surface area (Å²) < 4.78 is 7.31. The Morgan fingerprint density at radius 1 is 1.47 bits per heavy atom. The maximum absolute atomic E-state index is 6.09. The average Bonchev–Trinajstić information content (AvgIpc) is 2.89. The lowest BCUT2D eigenvalue weighted by Crippen LogP contribution is -2.18. The molecule has 0 fully saturated rings. The van der Waals surface area contributed by atoms with Gasteiger partial charge in [0.1, 0.15) is 5.75 Å². The van der Waals surface area contributed by atoms with Crippen molar-refractivity contribution in [1.29, 1.82) is 0 Å². The molecule has 2 rings (SSSR count). The van der Waals surface area contributed by atoms with Crippen molar-refractivity contribution in [2.24, 2.45) is 0 Å². The van der Waals surface area contributed by atoms with E-state index in [9.17, 15) is 0 Å². The molecular weight excluding hydrogens is 262 g/mol. The SMILES string of the molecule is CCn1cc(C(NC)c2cc(Cl)ccc2OC)cn1. The number of nitrogens with zero attached hydrogens (tertiary/aromatic N) is 2. The van der Waals surface area contributed by atoms with Crippen molar-refractivity contribution < 1.29 is 4.74 Å². The third-order valence-electron chi connectivity index (χ3n) is 3.10. The van der Waals surface area contributed by atoms with Crippen molar-refractivity contribution in [3.63, 3.8) is 0 Å². The Hall–Kier alpha value is -1.52. The molecule has 0 bridgehead atoms. The van der Waals surface area contributed by atoms with E-state index in [4.69, 9.17) is 16.3 Å². The topological polar surface area (TPSA) is 39.1 Å². The highest BCUT2D eigenvalue weighted by Crippen LogP contribution is 2.31. The molecule has 0 aliphatic carbocycles. The molecule has 5 heteroatoms. The molecule has 0 aliphatic rings. The Kier molecular flexibility index (Phi) is 4.45. The zero-order chi connectivity index (χ0) is 13.8. The third kappa shape index (κ3) is 2.91. The Balaban J connectivity index is 2.43. The molecule has 0 spiro atoms. The van der Waals surface area contributed by atoms with Gasteiger partial charge >= 0.3 is 0 Å². The van der Waals surface area contributed by atoms with Gasteiger partial charge in [0.25, 0.3) is 0 Å². The fourth-order valence-electron chi connectivity index (χ4n) is 2.13. The van der Waals surface area contributed by atoms with Crippen LogP contribution in [-0.4, -0.2) is 23.9 Å². The predicted octanol–water partition coefficient (Wildman–Crippen LogP) is 2.87. The summed E-state index contributed by atoms with van der Waals surface area (Å²) in [4.78, 5) is 0. The lowest BCUT2D eigenvalue weighted by molar-refractivity contribution is 0.405. The number of benzene rings is 1. The zero-order valence-corrected chi connectivity index (χ0v) is 12.1. The van der Waals surface area contributed by atoms with E-state index in [0.29, 0.717) is 5.02 Å². The van der Waals surface area contributed by atoms with Crippen LogP contribution in [0, 0.1) is 0 Å². The molecule has 102 valence electrons. The Bertz CT molecular complexity index is 553. The van der Waals surface area contributed by atoms with Crippen LogP contribution in [0.2, 0.25) is 5.02 Å². The van der Waals surface area contributed by atoms with Crippen LogP contribution in [-0.2, 0) is 6.54 Å². The van der Waals surface area contributed by atoms with Crippen LogP contribution < -0.4 is 10.1 Å². The monoisotopic (exact) mass is 279 g/mol. The summed E-state index contributed by atoms with van der Waals surface area (Å²) in [6, 6.07) is 5.64. The lowest BCUT2D eigenvalue weighted by Gasteiger charge is -2.18. The van der Waals surface area contributed by atoms with Gasteiger partial charge in [-0.15, -0.1) is 0 Å². The number of hydrogen-bond donors (Lipinski definition) is 1. The second-order valence-electron chi connectivity index (χ2n) is 4.24. The van der Waals surface area contributed by atoms with Crippen molar-refractivity contribution in [3.05, 3.63) is 46.7 Å². The highest BCUT2D eigenvalue weighted by Gasteiger charge is 2.18. The number of aromatic nitrogens is 2. The third-order valence-corrected chi connectivity index (χ3v) is 3.34. The summed E-state index contributed by atoms with van der Waals surface area (Å²) >= 11 is 6.09. The first kappa shape index (κ1) is 13.9. The first-order chi connectivity index (χ1) is 9.19. The fraction of sp³-hybridized carbons (Fsp3) is 0.357. The molecule has 1 heterocycles. The molecule has 2 aromatic rings. The van der Waals surface area contributed by atoms with E-state index >= 15 is 0 Å². The maximum Gasteiger partial charge on any atom is 0.124 e. The van der Waals surface area contributed by atoms with Gasteiger partial charge in [0.2, 0.25) is 0 Å². The molecule has 1 aromatic carbocycles. The van der Waals surface area contributed by atoms with Crippen LogP contribution in [0.25, 0.3) is 0 Å². The molecule has 0 saturated heterocycles. The molecular formula is C14H18ClN3O. The van der Waals surface area contributed by atoms with Gasteiger partial charge in [-0.1, -0.05) is 11.6 Å². The van der Waals surface area contributed by atoms with Gasteiger partial charge in [-0.05, 0) is 32.2 Å². The Labute approximate surface area is 118 Å². The predicted molar refractivity (Wildman–Crippen MR) is 76.8 cm³/mol. The smallest absolute Gasteiger partial charge is 0.124 e. The molecule has 0 saturated carbocycles. The van der Waals surface area contributed by atoms with E-state index < -0.39 is 0 Å². The molecule has 1 N–H and O–H groups in total. The highest BCUT2D eigenvalue weighted by atomic mass is 35.5. The second kappa shape index (κ2) is 6.08. The van der Waals surface area contributed by atoms with Gasteiger partial charge < -0.3 is 10.1 Å². The number of hydrogen-bond acceptors (Lipinski definition) is 3. The number of ether oxygens (including phenoxy) is 1. The molecule has 1 aromatic heterocycles. The van der Waals surface area contributed by atoms with Crippen LogP contribution in [0.4, 0.5) is 0 Å². The molecule has 19 heavy (non-hydrogen) atoms. The standard InChI is InChI=1S/C14H18ClN3O/c1-4-18-9-10(8-17-18)14(16-2)12-7-11(15)5-6-13(12)19-3/h5-9,14,16H,4H2,1-3H3.